The first-order valence-corrected chi connectivity index (χ1v) is 8.44. The van der Waals surface area contributed by atoms with Gasteiger partial charge in [-0.25, -0.2) is 4.79 Å². The second kappa shape index (κ2) is 7.86. The summed E-state index contributed by atoms with van der Waals surface area (Å²) in [6.45, 7) is -0.674. The number of ether oxygens (including phenoxy) is 1. The molecule has 0 saturated heterocycles. The average molecular weight is 378 g/mol. The maximum Gasteiger partial charge on any atom is 0.330 e. The van der Waals surface area contributed by atoms with Crippen molar-refractivity contribution in [2.24, 2.45) is 0 Å². The second-order valence-corrected chi connectivity index (χ2v) is 6.03. The smallest absolute Gasteiger partial charge is 0.330 e. The molecule has 2 heterocycles. The van der Waals surface area contributed by atoms with Gasteiger partial charge in [-0.2, -0.15) is 16.1 Å². The molecule has 0 aliphatic carbocycles. The van der Waals surface area contributed by atoms with Crippen molar-refractivity contribution in [2.45, 2.75) is 6.54 Å². The molecule has 25 heavy (non-hydrogen) atoms. The Balaban J connectivity index is 1.48. The van der Waals surface area contributed by atoms with E-state index in [1.807, 2.05) is 16.8 Å². The molecule has 0 atom stereocenters. The molecule has 0 spiro atoms. The molecule has 0 aliphatic rings. The molecule has 3 rings (SSSR count). The maximum atomic E-state index is 11.8. The molecule has 8 nitrogen and oxygen atoms in total. The topological polar surface area (TPSA) is 99.0 Å². The Bertz CT molecular complexity index is 881. The molecule has 0 aliphatic heterocycles. The number of para-hydroxylation sites is 1. The minimum absolute atomic E-state index is 0.240. The molecule has 10 heteroatoms. The van der Waals surface area contributed by atoms with E-state index in [9.17, 15) is 9.59 Å². The van der Waals surface area contributed by atoms with E-state index in [2.05, 4.69) is 20.7 Å². The quantitative estimate of drug-likeness (QED) is 0.661. The number of halogens is 1. The zero-order chi connectivity index (χ0) is 17.6. The molecule has 0 saturated carbocycles. The monoisotopic (exact) mass is 377 g/mol. The number of hydrogen-bond donors (Lipinski definition) is 1. The zero-order valence-electron chi connectivity index (χ0n) is 12.8. The molecule has 2 aromatic heterocycles. The Morgan fingerprint density at radius 1 is 1.28 bits per heavy atom. The van der Waals surface area contributed by atoms with E-state index in [1.54, 1.807) is 24.3 Å². The van der Waals surface area contributed by atoms with Crippen molar-refractivity contribution in [3.8, 4) is 11.4 Å². The number of thiophene rings is 1. The van der Waals surface area contributed by atoms with E-state index in [0.29, 0.717) is 16.5 Å². The molecular formula is C15H12ClN5O3S. The van der Waals surface area contributed by atoms with Crippen molar-refractivity contribution in [1.29, 1.82) is 0 Å². The van der Waals surface area contributed by atoms with Gasteiger partial charge in [-0.1, -0.05) is 23.7 Å². The molecule has 1 aromatic carbocycles. The van der Waals surface area contributed by atoms with E-state index >= 15 is 0 Å². The predicted octanol–water partition coefficient (Wildman–Crippen LogP) is 2.24. The van der Waals surface area contributed by atoms with Crippen molar-refractivity contribution in [2.75, 3.05) is 11.9 Å². The number of hydrogen-bond acceptors (Lipinski definition) is 7. The lowest BCUT2D eigenvalue weighted by Crippen LogP contribution is -2.23. The minimum Gasteiger partial charge on any atom is -0.454 e. The van der Waals surface area contributed by atoms with Crippen LogP contribution in [0.5, 0.6) is 0 Å². The number of carbonyl (C=O) groups is 2. The van der Waals surface area contributed by atoms with Gasteiger partial charge < -0.3 is 10.1 Å². The van der Waals surface area contributed by atoms with Crippen LogP contribution in [-0.4, -0.2) is 38.7 Å². The van der Waals surface area contributed by atoms with Crippen LogP contribution in [0.1, 0.15) is 0 Å². The summed E-state index contributed by atoms with van der Waals surface area (Å²) in [5, 5.41) is 18.4. The van der Waals surface area contributed by atoms with Gasteiger partial charge in [0.1, 0.15) is 0 Å². The Kier molecular flexibility index (Phi) is 5.36. The molecular weight excluding hydrogens is 366 g/mol. The molecule has 0 radical (unpaired) electrons. The first-order valence-electron chi connectivity index (χ1n) is 7.12. The summed E-state index contributed by atoms with van der Waals surface area (Å²) < 4.78 is 4.90. The van der Waals surface area contributed by atoms with Gasteiger partial charge in [-0.3, -0.25) is 4.79 Å². The fourth-order valence-corrected chi connectivity index (χ4v) is 2.69. The highest BCUT2D eigenvalue weighted by atomic mass is 35.5. The first kappa shape index (κ1) is 17.1. The van der Waals surface area contributed by atoms with Gasteiger partial charge >= 0.3 is 5.97 Å². The summed E-state index contributed by atoms with van der Waals surface area (Å²) in [6.07, 6.45) is 0. The van der Waals surface area contributed by atoms with Crippen molar-refractivity contribution < 1.29 is 14.3 Å². The number of nitrogens with one attached hydrogen (secondary N) is 1. The highest BCUT2D eigenvalue weighted by Gasteiger charge is 2.13. The Morgan fingerprint density at radius 3 is 2.88 bits per heavy atom. The maximum absolute atomic E-state index is 11.8. The van der Waals surface area contributed by atoms with Crippen LogP contribution in [0.15, 0.2) is 41.1 Å². The van der Waals surface area contributed by atoms with Crippen molar-refractivity contribution in [3.63, 3.8) is 0 Å². The molecule has 0 unspecified atom stereocenters. The lowest BCUT2D eigenvalue weighted by atomic mass is 10.3. The number of nitrogens with zero attached hydrogens (tertiary/aromatic N) is 4. The standard InChI is InChI=1S/C15H12ClN5O3S/c16-11-3-1-2-4-12(11)17-13(22)8-24-14(23)7-21-19-15(18-20-21)10-5-6-25-9-10/h1-6,9H,7-8H2,(H,17,22). The van der Waals surface area contributed by atoms with Crippen LogP contribution in [-0.2, 0) is 20.9 Å². The van der Waals surface area contributed by atoms with Crippen LogP contribution in [0.25, 0.3) is 11.4 Å². The number of aromatic nitrogens is 4. The molecule has 0 bridgehead atoms. The fourth-order valence-electron chi connectivity index (χ4n) is 1.87. The van der Waals surface area contributed by atoms with Gasteiger partial charge in [0.05, 0.1) is 10.7 Å². The molecule has 1 amide bonds. The third-order valence-corrected chi connectivity index (χ3v) is 4.03. The van der Waals surface area contributed by atoms with E-state index in [0.717, 1.165) is 10.4 Å². The Hall–Kier alpha value is -2.78. The molecule has 128 valence electrons. The van der Waals surface area contributed by atoms with Gasteiger partial charge in [0.15, 0.2) is 13.2 Å². The SMILES string of the molecule is O=C(COC(=O)Cn1nnc(-c2ccsc2)n1)Nc1ccccc1Cl. The van der Waals surface area contributed by atoms with Crippen molar-refractivity contribution in [1.82, 2.24) is 20.2 Å². The number of amides is 1. The highest BCUT2D eigenvalue weighted by Crippen LogP contribution is 2.20. The third-order valence-electron chi connectivity index (χ3n) is 3.01. The number of rotatable bonds is 6. The summed E-state index contributed by atoms with van der Waals surface area (Å²) in [5.41, 5.74) is 1.27. The third kappa shape index (κ3) is 4.61. The van der Waals surface area contributed by atoms with Crippen LogP contribution in [0, 0.1) is 0 Å². The summed E-state index contributed by atoms with van der Waals surface area (Å²) in [4.78, 5) is 24.7. The fraction of sp³-hybridized carbons (Fsp3) is 0.133. The number of carbonyl (C=O) groups excluding carboxylic acids is 2. The lowest BCUT2D eigenvalue weighted by Gasteiger charge is -2.07. The number of anilines is 1. The largest absolute Gasteiger partial charge is 0.454 e. The second-order valence-electron chi connectivity index (χ2n) is 4.84. The molecule has 3 aromatic rings. The van der Waals surface area contributed by atoms with Crippen molar-refractivity contribution in [3.05, 3.63) is 46.1 Å². The molecule has 0 fully saturated rings. The van der Waals surface area contributed by atoms with Gasteiger partial charge in [0, 0.05) is 10.9 Å². The Labute approximate surface area is 151 Å². The summed E-state index contributed by atoms with van der Waals surface area (Å²) in [5.74, 6) is -0.721. The van der Waals surface area contributed by atoms with Crippen LogP contribution in [0.4, 0.5) is 5.69 Å². The van der Waals surface area contributed by atoms with Crippen LogP contribution in [0.3, 0.4) is 0 Å². The summed E-state index contributed by atoms with van der Waals surface area (Å²) in [6, 6.07) is 8.61. The summed E-state index contributed by atoms with van der Waals surface area (Å²) >= 11 is 7.44. The van der Waals surface area contributed by atoms with Gasteiger partial charge in [-0.05, 0) is 28.8 Å². The normalized spacial score (nSPS) is 10.4. The van der Waals surface area contributed by atoms with Crippen LogP contribution in [0.2, 0.25) is 5.02 Å². The summed E-state index contributed by atoms with van der Waals surface area (Å²) in [7, 11) is 0. The first-order chi connectivity index (χ1) is 12.1. The van der Waals surface area contributed by atoms with Crippen LogP contribution < -0.4 is 5.32 Å². The van der Waals surface area contributed by atoms with E-state index in [-0.39, 0.29) is 6.54 Å². The van der Waals surface area contributed by atoms with E-state index in [4.69, 9.17) is 16.3 Å². The van der Waals surface area contributed by atoms with E-state index < -0.39 is 18.5 Å². The van der Waals surface area contributed by atoms with Gasteiger partial charge in [0.25, 0.3) is 5.91 Å². The number of benzene rings is 1. The Morgan fingerprint density at radius 2 is 2.12 bits per heavy atom. The minimum atomic E-state index is -0.649. The average Bonchev–Trinajstić information content (AvgIpc) is 3.26. The molecule has 1 N–H and O–H groups in total. The van der Waals surface area contributed by atoms with E-state index in [1.165, 1.54) is 11.3 Å². The van der Waals surface area contributed by atoms with Crippen LogP contribution >= 0.6 is 22.9 Å². The van der Waals surface area contributed by atoms with Crippen molar-refractivity contribution >= 4 is 40.5 Å². The predicted molar refractivity (Wildman–Crippen MR) is 92.2 cm³/mol. The zero-order valence-corrected chi connectivity index (χ0v) is 14.3. The number of esters is 1. The number of tetrazole rings is 1. The lowest BCUT2D eigenvalue weighted by molar-refractivity contribution is -0.148. The highest BCUT2D eigenvalue weighted by molar-refractivity contribution is 7.08. The van der Waals surface area contributed by atoms with Gasteiger partial charge in [-0.15, -0.1) is 10.2 Å². The van der Waals surface area contributed by atoms with Gasteiger partial charge in [0.2, 0.25) is 5.82 Å².